The van der Waals surface area contributed by atoms with Crippen LogP contribution in [0.5, 0.6) is 0 Å². The molecule has 2 heterocycles. The summed E-state index contributed by atoms with van der Waals surface area (Å²) in [5, 5.41) is 6.63. The van der Waals surface area contributed by atoms with Crippen LogP contribution in [0.15, 0.2) is 63.0 Å². The summed E-state index contributed by atoms with van der Waals surface area (Å²) < 4.78 is 5.36. The van der Waals surface area contributed by atoms with E-state index in [9.17, 15) is 4.79 Å². The van der Waals surface area contributed by atoms with E-state index in [4.69, 9.17) is 4.42 Å². The molecule has 2 aromatic rings. The van der Waals surface area contributed by atoms with Gasteiger partial charge in [0.2, 0.25) is 5.91 Å². The first-order valence-electron chi connectivity index (χ1n) is 9.81. The predicted molar refractivity (Wildman–Crippen MR) is 114 cm³/mol. The highest BCUT2D eigenvalue weighted by Gasteiger charge is 2.17. The molecule has 28 heavy (non-hydrogen) atoms. The van der Waals surface area contributed by atoms with E-state index in [1.807, 2.05) is 35.2 Å². The lowest BCUT2D eigenvalue weighted by Crippen LogP contribution is -2.40. The van der Waals surface area contributed by atoms with E-state index in [1.165, 1.54) is 4.90 Å². The van der Waals surface area contributed by atoms with Gasteiger partial charge in [-0.1, -0.05) is 18.2 Å². The molecule has 150 valence electrons. The quantitative estimate of drug-likeness (QED) is 0.293. The Bertz CT molecular complexity index is 728. The number of hydrogen-bond acceptors (Lipinski definition) is 4. The van der Waals surface area contributed by atoms with Crippen LogP contribution >= 0.6 is 11.8 Å². The van der Waals surface area contributed by atoms with E-state index < -0.39 is 0 Å². The first-order valence-corrected chi connectivity index (χ1v) is 10.8. The Morgan fingerprint density at radius 3 is 2.61 bits per heavy atom. The SMILES string of the molecule is O=C(CN=C(NCCSc1ccccc1)NCCc1ccco1)N1CCCC1. The summed E-state index contributed by atoms with van der Waals surface area (Å²) in [6.07, 6.45) is 4.64. The van der Waals surface area contributed by atoms with Gasteiger partial charge in [0.25, 0.3) is 0 Å². The van der Waals surface area contributed by atoms with E-state index in [0.717, 1.165) is 50.4 Å². The van der Waals surface area contributed by atoms with E-state index in [0.29, 0.717) is 12.5 Å². The average Bonchev–Trinajstić information content (AvgIpc) is 3.43. The van der Waals surface area contributed by atoms with E-state index in [-0.39, 0.29) is 12.5 Å². The molecule has 7 heteroatoms. The molecule has 1 aliphatic heterocycles. The lowest BCUT2D eigenvalue weighted by molar-refractivity contribution is -0.128. The van der Waals surface area contributed by atoms with Crippen molar-refractivity contribution in [3.05, 3.63) is 54.5 Å². The van der Waals surface area contributed by atoms with Crippen LogP contribution in [0.25, 0.3) is 0 Å². The van der Waals surface area contributed by atoms with Crippen LogP contribution in [0.1, 0.15) is 18.6 Å². The molecule has 0 spiro atoms. The maximum atomic E-state index is 12.3. The van der Waals surface area contributed by atoms with Gasteiger partial charge in [-0.3, -0.25) is 4.79 Å². The number of benzene rings is 1. The number of thioether (sulfide) groups is 1. The standard InChI is InChI=1S/C21H28N4O2S/c26-20(25-13-4-5-14-25)17-24-21(22-11-10-18-7-6-15-27-18)23-12-16-28-19-8-2-1-3-9-19/h1-3,6-9,15H,4-5,10-14,16-17H2,(H2,22,23,24). The molecule has 3 rings (SSSR count). The van der Waals surface area contributed by atoms with Gasteiger partial charge >= 0.3 is 0 Å². The first-order chi connectivity index (χ1) is 13.8. The average molecular weight is 401 g/mol. The van der Waals surface area contributed by atoms with Gasteiger partial charge in [0.15, 0.2) is 5.96 Å². The van der Waals surface area contributed by atoms with Crippen LogP contribution in [-0.2, 0) is 11.2 Å². The zero-order chi connectivity index (χ0) is 19.4. The van der Waals surface area contributed by atoms with Crippen molar-refractivity contribution < 1.29 is 9.21 Å². The maximum Gasteiger partial charge on any atom is 0.244 e. The molecule has 2 N–H and O–H groups in total. The Balaban J connectivity index is 1.45. The van der Waals surface area contributed by atoms with Gasteiger partial charge in [-0.25, -0.2) is 4.99 Å². The minimum Gasteiger partial charge on any atom is -0.469 e. The molecule has 1 fully saturated rings. The largest absolute Gasteiger partial charge is 0.469 e. The summed E-state index contributed by atoms with van der Waals surface area (Å²) in [4.78, 5) is 19.9. The molecule has 0 unspecified atom stereocenters. The van der Waals surface area contributed by atoms with Crippen LogP contribution < -0.4 is 10.6 Å². The predicted octanol–water partition coefficient (Wildman–Crippen LogP) is 2.77. The normalized spacial score (nSPS) is 14.3. The summed E-state index contributed by atoms with van der Waals surface area (Å²) in [6.45, 7) is 3.36. The number of guanidine groups is 1. The van der Waals surface area contributed by atoms with E-state index in [2.05, 4.69) is 27.8 Å². The van der Waals surface area contributed by atoms with Crippen molar-refractivity contribution in [3.63, 3.8) is 0 Å². The van der Waals surface area contributed by atoms with Crippen molar-refractivity contribution in [2.24, 2.45) is 4.99 Å². The molecule has 1 saturated heterocycles. The molecule has 0 atom stereocenters. The van der Waals surface area contributed by atoms with Gasteiger partial charge in [-0.2, -0.15) is 0 Å². The molecule has 1 aliphatic rings. The zero-order valence-electron chi connectivity index (χ0n) is 16.1. The molecule has 1 amide bonds. The van der Waals surface area contributed by atoms with E-state index >= 15 is 0 Å². The highest BCUT2D eigenvalue weighted by Crippen LogP contribution is 2.15. The molecule has 6 nitrogen and oxygen atoms in total. The summed E-state index contributed by atoms with van der Waals surface area (Å²) in [7, 11) is 0. The van der Waals surface area contributed by atoms with Gasteiger partial charge in [0.05, 0.1) is 6.26 Å². The van der Waals surface area contributed by atoms with Crippen molar-refractivity contribution in [1.82, 2.24) is 15.5 Å². The van der Waals surface area contributed by atoms with Crippen molar-refractivity contribution in [3.8, 4) is 0 Å². The number of carbonyl (C=O) groups is 1. The van der Waals surface area contributed by atoms with Crippen molar-refractivity contribution in [1.29, 1.82) is 0 Å². The number of hydrogen-bond donors (Lipinski definition) is 2. The fourth-order valence-corrected chi connectivity index (χ4v) is 3.79. The van der Waals surface area contributed by atoms with Crippen molar-refractivity contribution >= 4 is 23.6 Å². The molecule has 0 saturated carbocycles. The number of carbonyl (C=O) groups excluding carboxylic acids is 1. The maximum absolute atomic E-state index is 12.3. The van der Waals surface area contributed by atoms with Gasteiger partial charge < -0.3 is 20.0 Å². The van der Waals surface area contributed by atoms with E-state index in [1.54, 1.807) is 18.0 Å². The molecular weight excluding hydrogens is 372 g/mol. The molecule has 0 aliphatic carbocycles. The molecule has 0 radical (unpaired) electrons. The van der Waals surface area contributed by atoms with Gasteiger partial charge in [-0.15, -0.1) is 11.8 Å². The van der Waals surface area contributed by atoms with Crippen molar-refractivity contribution in [2.75, 3.05) is 38.5 Å². The lowest BCUT2D eigenvalue weighted by Gasteiger charge is -2.15. The fourth-order valence-electron chi connectivity index (χ4n) is 3.00. The topological polar surface area (TPSA) is 69.9 Å². The second kappa shape index (κ2) is 11.4. The number of nitrogens with zero attached hydrogens (tertiary/aromatic N) is 2. The minimum atomic E-state index is 0.100. The third-order valence-corrected chi connectivity index (χ3v) is 5.50. The molecular formula is C21H28N4O2S. The van der Waals surface area contributed by atoms with Crippen LogP contribution in [0.3, 0.4) is 0 Å². The summed E-state index contributed by atoms with van der Waals surface area (Å²) in [5.41, 5.74) is 0. The second-order valence-corrected chi connectivity index (χ2v) is 7.77. The fraction of sp³-hybridized carbons (Fsp3) is 0.429. The highest BCUT2D eigenvalue weighted by atomic mass is 32.2. The zero-order valence-corrected chi connectivity index (χ0v) is 16.9. The lowest BCUT2D eigenvalue weighted by atomic mass is 10.3. The smallest absolute Gasteiger partial charge is 0.244 e. The molecule has 1 aromatic carbocycles. The van der Waals surface area contributed by atoms with Crippen LogP contribution in [0.2, 0.25) is 0 Å². The Hall–Kier alpha value is -2.41. The molecule has 1 aromatic heterocycles. The Labute approximate surface area is 170 Å². The Kier molecular flexibility index (Phi) is 8.30. The number of furan rings is 1. The Morgan fingerprint density at radius 1 is 1.07 bits per heavy atom. The third-order valence-electron chi connectivity index (χ3n) is 4.48. The monoisotopic (exact) mass is 400 g/mol. The number of amides is 1. The highest BCUT2D eigenvalue weighted by molar-refractivity contribution is 7.99. The number of likely N-dealkylation sites (tertiary alicyclic amines) is 1. The number of nitrogens with one attached hydrogen (secondary N) is 2. The van der Waals surface area contributed by atoms with Crippen molar-refractivity contribution in [2.45, 2.75) is 24.2 Å². The van der Waals surface area contributed by atoms with Crippen LogP contribution in [0, 0.1) is 0 Å². The summed E-state index contributed by atoms with van der Waals surface area (Å²) in [6, 6.07) is 14.2. The minimum absolute atomic E-state index is 0.100. The van der Waals surface area contributed by atoms with Crippen LogP contribution in [-0.4, -0.2) is 55.2 Å². The summed E-state index contributed by atoms with van der Waals surface area (Å²) in [5.74, 6) is 2.62. The third kappa shape index (κ3) is 6.96. The number of aliphatic imine (C=N–C) groups is 1. The number of rotatable bonds is 9. The van der Waals surface area contributed by atoms with Crippen LogP contribution in [0.4, 0.5) is 0 Å². The molecule has 0 bridgehead atoms. The Morgan fingerprint density at radius 2 is 1.86 bits per heavy atom. The van der Waals surface area contributed by atoms with Gasteiger partial charge in [0.1, 0.15) is 12.3 Å². The second-order valence-electron chi connectivity index (χ2n) is 6.60. The van der Waals surface area contributed by atoms with Gasteiger partial charge in [-0.05, 0) is 37.1 Å². The first kappa shape index (κ1) is 20.3. The van der Waals surface area contributed by atoms with Gasteiger partial charge in [0, 0.05) is 43.2 Å². The summed E-state index contributed by atoms with van der Waals surface area (Å²) >= 11 is 1.79.